The van der Waals surface area contributed by atoms with Crippen LogP contribution in [0.15, 0.2) is 30.3 Å². The number of hydrogen-bond acceptors (Lipinski definition) is 3. The predicted molar refractivity (Wildman–Crippen MR) is 67.1 cm³/mol. The van der Waals surface area contributed by atoms with E-state index >= 15 is 0 Å². The highest BCUT2D eigenvalue weighted by atomic mass is 16.7. The Bertz CT molecular complexity index is 340. The third kappa shape index (κ3) is 2.45. The molecule has 0 bridgehead atoms. The molecule has 92 valence electrons. The molecule has 0 aromatic heterocycles. The number of para-hydroxylation sites is 1. The van der Waals surface area contributed by atoms with Gasteiger partial charge in [-0.05, 0) is 25.0 Å². The van der Waals surface area contributed by atoms with Crippen molar-refractivity contribution in [3.05, 3.63) is 30.3 Å². The Morgan fingerprint density at radius 2 is 1.59 bits per heavy atom. The standard InChI is InChI=1S/C14H19NO2/c1-2-4-13(5-3-1)15-8-6-12(7-9-15)14-16-10-11-17-14/h1-5,12,14H,6-11H2. The Balaban J connectivity index is 1.57. The predicted octanol–water partition coefficient (Wildman–Crippen LogP) is 2.28. The smallest absolute Gasteiger partial charge is 0.160 e. The summed E-state index contributed by atoms with van der Waals surface area (Å²) in [5.74, 6) is 0.581. The minimum absolute atomic E-state index is 0.0629. The fourth-order valence-electron chi connectivity index (χ4n) is 2.72. The number of piperidine rings is 1. The molecule has 2 heterocycles. The van der Waals surface area contributed by atoms with Gasteiger partial charge in [0, 0.05) is 24.7 Å². The van der Waals surface area contributed by atoms with Crippen LogP contribution in [0, 0.1) is 5.92 Å². The third-order valence-corrected chi connectivity index (χ3v) is 3.69. The molecule has 0 amide bonds. The maximum Gasteiger partial charge on any atom is 0.160 e. The first-order valence-corrected chi connectivity index (χ1v) is 6.47. The van der Waals surface area contributed by atoms with Crippen LogP contribution >= 0.6 is 0 Å². The zero-order valence-electron chi connectivity index (χ0n) is 10.0. The van der Waals surface area contributed by atoms with Crippen molar-refractivity contribution >= 4 is 5.69 Å². The highest BCUT2D eigenvalue weighted by molar-refractivity contribution is 5.46. The molecule has 0 atom stereocenters. The quantitative estimate of drug-likeness (QED) is 0.782. The number of rotatable bonds is 2. The lowest BCUT2D eigenvalue weighted by molar-refractivity contribution is -0.0889. The monoisotopic (exact) mass is 233 g/mol. The number of benzene rings is 1. The van der Waals surface area contributed by atoms with Gasteiger partial charge in [0.05, 0.1) is 13.2 Å². The highest BCUT2D eigenvalue weighted by Crippen LogP contribution is 2.28. The van der Waals surface area contributed by atoms with Crippen molar-refractivity contribution in [2.24, 2.45) is 5.92 Å². The molecule has 0 saturated carbocycles. The molecule has 1 aromatic carbocycles. The summed E-state index contributed by atoms with van der Waals surface area (Å²) in [5.41, 5.74) is 1.33. The molecular weight excluding hydrogens is 214 g/mol. The second-order valence-corrected chi connectivity index (χ2v) is 4.77. The van der Waals surface area contributed by atoms with Crippen molar-refractivity contribution in [1.82, 2.24) is 0 Å². The van der Waals surface area contributed by atoms with Crippen LogP contribution in [0.3, 0.4) is 0 Å². The van der Waals surface area contributed by atoms with Crippen LogP contribution in [0.2, 0.25) is 0 Å². The molecule has 0 N–H and O–H groups in total. The van der Waals surface area contributed by atoms with E-state index in [0.29, 0.717) is 5.92 Å². The van der Waals surface area contributed by atoms with Gasteiger partial charge in [0.2, 0.25) is 0 Å². The first-order chi connectivity index (χ1) is 8.43. The van der Waals surface area contributed by atoms with Crippen molar-refractivity contribution in [2.45, 2.75) is 19.1 Å². The van der Waals surface area contributed by atoms with Gasteiger partial charge in [-0.2, -0.15) is 0 Å². The SMILES string of the molecule is c1ccc(N2CCC(C3OCCO3)CC2)cc1. The van der Waals surface area contributed by atoms with Gasteiger partial charge in [0.1, 0.15) is 0 Å². The van der Waals surface area contributed by atoms with Gasteiger partial charge in [0.15, 0.2) is 6.29 Å². The van der Waals surface area contributed by atoms with E-state index in [1.54, 1.807) is 0 Å². The fourth-order valence-corrected chi connectivity index (χ4v) is 2.72. The van der Waals surface area contributed by atoms with Gasteiger partial charge in [-0.15, -0.1) is 0 Å². The molecule has 1 aromatic rings. The topological polar surface area (TPSA) is 21.7 Å². The van der Waals surface area contributed by atoms with E-state index < -0.39 is 0 Å². The Morgan fingerprint density at radius 3 is 2.24 bits per heavy atom. The maximum absolute atomic E-state index is 5.59. The average Bonchev–Trinajstić information content (AvgIpc) is 2.94. The lowest BCUT2D eigenvalue weighted by Crippen LogP contribution is -2.38. The summed E-state index contributed by atoms with van der Waals surface area (Å²) < 4.78 is 11.2. The second-order valence-electron chi connectivity index (χ2n) is 4.77. The van der Waals surface area contributed by atoms with E-state index in [1.807, 2.05) is 0 Å². The molecule has 3 heteroatoms. The van der Waals surface area contributed by atoms with E-state index in [-0.39, 0.29) is 6.29 Å². The molecule has 2 aliphatic rings. The lowest BCUT2D eigenvalue weighted by Gasteiger charge is -2.35. The van der Waals surface area contributed by atoms with Crippen LogP contribution in [0.25, 0.3) is 0 Å². The van der Waals surface area contributed by atoms with Gasteiger partial charge < -0.3 is 14.4 Å². The minimum atomic E-state index is 0.0629. The van der Waals surface area contributed by atoms with Gasteiger partial charge in [-0.25, -0.2) is 0 Å². The van der Waals surface area contributed by atoms with Crippen LogP contribution in [0.4, 0.5) is 5.69 Å². The van der Waals surface area contributed by atoms with Crippen LogP contribution in [-0.4, -0.2) is 32.6 Å². The fraction of sp³-hybridized carbons (Fsp3) is 0.571. The Hall–Kier alpha value is -1.06. The van der Waals surface area contributed by atoms with Crippen molar-refractivity contribution in [3.8, 4) is 0 Å². The average molecular weight is 233 g/mol. The minimum Gasteiger partial charge on any atom is -0.372 e. The summed E-state index contributed by atoms with van der Waals surface area (Å²) in [6, 6.07) is 10.6. The third-order valence-electron chi connectivity index (χ3n) is 3.69. The van der Waals surface area contributed by atoms with Gasteiger partial charge in [-0.1, -0.05) is 18.2 Å². The molecule has 3 rings (SSSR count). The first-order valence-electron chi connectivity index (χ1n) is 6.47. The Morgan fingerprint density at radius 1 is 0.941 bits per heavy atom. The molecule has 2 fully saturated rings. The van der Waals surface area contributed by atoms with Crippen LogP contribution < -0.4 is 4.90 Å². The molecule has 0 radical (unpaired) electrons. The second kappa shape index (κ2) is 5.07. The van der Waals surface area contributed by atoms with E-state index in [0.717, 1.165) is 26.3 Å². The molecule has 17 heavy (non-hydrogen) atoms. The van der Waals surface area contributed by atoms with E-state index in [1.165, 1.54) is 18.5 Å². The summed E-state index contributed by atoms with van der Waals surface area (Å²) in [4.78, 5) is 2.45. The summed E-state index contributed by atoms with van der Waals surface area (Å²) >= 11 is 0. The van der Waals surface area contributed by atoms with Crippen molar-refractivity contribution in [3.63, 3.8) is 0 Å². The number of anilines is 1. The van der Waals surface area contributed by atoms with Crippen molar-refractivity contribution < 1.29 is 9.47 Å². The number of nitrogens with zero attached hydrogens (tertiary/aromatic N) is 1. The summed E-state index contributed by atoms with van der Waals surface area (Å²) in [6.45, 7) is 3.75. The van der Waals surface area contributed by atoms with E-state index in [9.17, 15) is 0 Å². The highest BCUT2D eigenvalue weighted by Gasteiger charge is 2.30. The lowest BCUT2D eigenvalue weighted by atomic mass is 9.96. The molecule has 0 unspecified atom stereocenters. The zero-order chi connectivity index (χ0) is 11.5. The van der Waals surface area contributed by atoms with E-state index in [4.69, 9.17) is 9.47 Å². The van der Waals surface area contributed by atoms with Crippen LogP contribution in [0.5, 0.6) is 0 Å². The first kappa shape index (κ1) is 11.1. The zero-order valence-corrected chi connectivity index (χ0v) is 10.0. The molecule has 2 aliphatic heterocycles. The number of ether oxygens (including phenoxy) is 2. The van der Waals surface area contributed by atoms with E-state index in [2.05, 4.69) is 35.2 Å². The van der Waals surface area contributed by atoms with Crippen LogP contribution in [0.1, 0.15) is 12.8 Å². The Labute approximate surface area is 102 Å². The normalized spacial score (nSPS) is 23.2. The molecule has 2 saturated heterocycles. The van der Waals surface area contributed by atoms with Gasteiger partial charge in [-0.3, -0.25) is 0 Å². The Kier molecular flexibility index (Phi) is 3.29. The molecular formula is C14H19NO2. The molecule has 0 aliphatic carbocycles. The summed E-state index contributed by atoms with van der Waals surface area (Å²) in [7, 11) is 0. The van der Waals surface area contributed by atoms with Gasteiger partial charge in [0.25, 0.3) is 0 Å². The maximum atomic E-state index is 5.59. The largest absolute Gasteiger partial charge is 0.372 e. The summed E-state index contributed by atoms with van der Waals surface area (Å²) in [5, 5.41) is 0. The van der Waals surface area contributed by atoms with Crippen LogP contribution in [-0.2, 0) is 9.47 Å². The van der Waals surface area contributed by atoms with Gasteiger partial charge >= 0.3 is 0 Å². The number of hydrogen-bond donors (Lipinski definition) is 0. The van der Waals surface area contributed by atoms with Crippen molar-refractivity contribution in [1.29, 1.82) is 0 Å². The molecule has 3 nitrogen and oxygen atoms in total. The molecule has 0 spiro atoms. The summed E-state index contributed by atoms with van der Waals surface area (Å²) in [6.07, 6.45) is 2.40. The van der Waals surface area contributed by atoms with Crippen molar-refractivity contribution in [2.75, 3.05) is 31.2 Å².